The zero-order valence-corrected chi connectivity index (χ0v) is 12.8. The molecule has 0 aliphatic heterocycles. The lowest BCUT2D eigenvalue weighted by Crippen LogP contribution is -2.22. The molecular formula is C16H10ClN3O4. The van der Waals surface area contributed by atoms with Crippen molar-refractivity contribution in [1.29, 1.82) is 0 Å². The van der Waals surface area contributed by atoms with E-state index in [1.807, 2.05) is 0 Å². The van der Waals surface area contributed by atoms with Gasteiger partial charge in [-0.25, -0.2) is 0 Å². The Morgan fingerprint density at radius 3 is 2.71 bits per heavy atom. The summed E-state index contributed by atoms with van der Waals surface area (Å²) in [5, 5.41) is 13.9. The number of hydrogen-bond donors (Lipinski definition) is 2. The number of rotatable bonds is 3. The third-order valence-electron chi connectivity index (χ3n) is 3.40. The minimum Gasteiger partial charge on any atom is -0.360 e. The van der Waals surface area contributed by atoms with Crippen molar-refractivity contribution in [2.24, 2.45) is 0 Å². The van der Waals surface area contributed by atoms with Crippen LogP contribution >= 0.6 is 11.6 Å². The molecule has 1 aromatic heterocycles. The molecule has 2 aromatic carbocycles. The van der Waals surface area contributed by atoms with E-state index in [1.54, 1.807) is 24.3 Å². The summed E-state index contributed by atoms with van der Waals surface area (Å²) < 4.78 is 0. The van der Waals surface area contributed by atoms with E-state index < -0.39 is 16.3 Å². The summed E-state index contributed by atoms with van der Waals surface area (Å²) >= 11 is 5.85. The van der Waals surface area contributed by atoms with Gasteiger partial charge in [0.05, 0.1) is 10.3 Å². The van der Waals surface area contributed by atoms with Crippen molar-refractivity contribution in [3.63, 3.8) is 0 Å². The monoisotopic (exact) mass is 343 g/mol. The maximum atomic E-state index is 12.5. The van der Waals surface area contributed by atoms with E-state index >= 15 is 0 Å². The van der Waals surface area contributed by atoms with Gasteiger partial charge in [0.2, 0.25) is 5.43 Å². The maximum absolute atomic E-state index is 12.5. The van der Waals surface area contributed by atoms with E-state index in [0.717, 1.165) is 6.07 Å². The van der Waals surface area contributed by atoms with Gasteiger partial charge in [-0.05, 0) is 24.3 Å². The number of nitro benzene ring substituents is 1. The van der Waals surface area contributed by atoms with Crippen LogP contribution in [0.25, 0.3) is 10.9 Å². The molecule has 0 saturated heterocycles. The lowest BCUT2D eigenvalue weighted by atomic mass is 10.1. The third kappa shape index (κ3) is 2.97. The van der Waals surface area contributed by atoms with Gasteiger partial charge in [-0.3, -0.25) is 19.7 Å². The predicted molar refractivity (Wildman–Crippen MR) is 90.6 cm³/mol. The third-order valence-corrected chi connectivity index (χ3v) is 3.64. The number of amides is 1. The van der Waals surface area contributed by atoms with Crippen molar-refractivity contribution in [3.8, 4) is 0 Å². The highest BCUT2D eigenvalue weighted by molar-refractivity contribution is 6.31. The van der Waals surface area contributed by atoms with Gasteiger partial charge in [0.25, 0.3) is 11.6 Å². The number of carbonyl (C=O) groups excluding carboxylic acids is 1. The van der Waals surface area contributed by atoms with Gasteiger partial charge in [-0.1, -0.05) is 17.7 Å². The lowest BCUT2D eigenvalue weighted by molar-refractivity contribution is -0.384. The molecule has 1 amide bonds. The molecule has 24 heavy (non-hydrogen) atoms. The van der Waals surface area contributed by atoms with Crippen molar-refractivity contribution in [2.75, 3.05) is 5.32 Å². The Hall–Kier alpha value is -3.19. The Morgan fingerprint density at radius 2 is 2.00 bits per heavy atom. The molecule has 0 saturated carbocycles. The van der Waals surface area contributed by atoms with Crippen molar-refractivity contribution in [2.45, 2.75) is 0 Å². The number of halogens is 1. The van der Waals surface area contributed by atoms with Crippen LogP contribution in [-0.4, -0.2) is 15.8 Å². The first-order chi connectivity index (χ1) is 11.5. The average molecular weight is 344 g/mol. The molecule has 0 aliphatic rings. The number of pyridine rings is 1. The lowest BCUT2D eigenvalue weighted by Gasteiger charge is -2.06. The van der Waals surface area contributed by atoms with E-state index in [9.17, 15) is 19.7 Å². The number of anilines is 1. The number of H-pyrrole nitrogens is 1. The Kier molecular flexibility index (Phi) is 4.01. The van der Waals surface area contributed by atoms with Gasteiger partial charge in [-0.2, -0.15) is 0 Å². The number of non-ortho nitro benzene ring substituents is 1. The van der Waals surface area contributed by atoms with Crippen LogP contribution in [0.1, 0.15) is 10.4 Å². The SMILES string of the molecule is O=C(Nc1cccc(Cl)c1)c1c[nH]c2ccc([N+](=O)[O-])cc2c1=O. The van der Waals surface area contributed by atoms with Crippen molar-refractivity contribution >= 4 is 39.8 Å². The quantitative estimate of drug-likeness (QED) is 0.562. The predicted octanol–water partition coefficient (Wildman–Crippen LogP) is 3.34. The van der Waals surface area contributed by atoms with Crippen LogP contribution in [-0.2, 0) is 0 Å². The first-order valence-corrected chi connectivity index (χ1v) is 7.20. The van der Waals surface area contributed by atoms with E-state index in [0.29, 0.717) is 16.2 Å². The van der Waals surface area contributed by atoms with Crippen LogP contribution in [0.5, 0.6) is 0 Å². The van der Waals surface area contributed by atoms with Gasteiger partial charge in [0.15, 0.2) is 0 Å². The molecule has 0 fully saturated rings. The van der Waals surface area contributed by atoms with Crippen molar-refractivity contribution < 1.29 is 9.72 Å². The largest absolute Gasteiger partial charge is 0.360 e. The summed E-state index contributed by atoms with van der Waals surface area (Å²) in [6.07, 6.45) is 1.27. The van der Waals surface area contributed by atoms with E-state index in [2.05, 4.69) is 10.3 Å². The van der Waals surface area contributed by atoms with E-state index in [-0.39, 0.29) is 16.6 Å². The van der Waals surface area contributed by atoms with Gasteiger partial charge < -0.3 is 10.3 Å². The molecule has 1 heterocycles. The van der Waals surface area contributed by atoms with Gasteiger partial charge in [0, 0.05) is 34.6 Å². The van der Waals surface area contributed by atoms with Crippen LogP contribution in [0, 0.1) is 10.1 Å². The molecule has 0 aliphatic carbocycles. The van der Waals surface area contributed by atoms with Crippen LogP contribution in [0.2, 0.25) is 5.02 Å². The van der Waals surface area contributed by atoms with Gasteiger partial charge >= 0.3 is 0 Å². The summed E-state index contributed by atoms with van der Waals surface area (Å²) in [6, 6.07) is 10.3. The minimum atomic E-state index is -0.632. The number of aromatic nitrogens is 1. The molecule has 3 rings (SSSR count). The molecule has 3 aromatic rings. The Balaban J connectivity index is 2.03. The number of nitrogens with zero attached hydrogens (tertiary/aromatic N) is 1. The molecule has 8 heteroatoms. The molecule has 0 unspecified atom stereocenters. The zero-order chi connectivity index (χ0) is 17.3. The molecule has 0 radical (unpaired) electrons. The summed E-state index contributed by atoms with van der Waals surface area (Å²) in [6.45, 7) is 0. The minimum absolute atomic E-state index is 0.0722. The molecule has 7 nitrogen and oxygen atoms in total. The summed E-state index contributed by atoms with van der Waals surface area (Å²) in [5.74, 6) is -0.632. The second-order valence-corrected chi connectivity index (χ2v) is 5.42. The highest BCUT2D eigenvalue weighted by Gasteiger charge is 2.15. The average Bonchev–Trinajstić information content (AvgIpc) is 2.54. The number of nitro groups is 1. The first-order valence-electron chi connectivity index (χ1n) is 6.82. The fourth-order valence-electron chi connectivity index (χ4n) is 2.25. The molecular weight excluding hydrogens is 334 g/mol. The summed E-state index contributed by atoms with van der Waals surface area (Å²) in [7, 11) is 0. The number of benzene rings is 2. The fraction of sp³-hybridized carbons (Fsp3) is 0. The zero-order valence-electron chi connectivity index (χ0n) is 12.1. The van der Waals surface area contributed by atoms with Crippen LogP contribution in [0.15, 0.2) is 53.5 Å². The summed E-state index contributed by atoms with van der Waals surface area (Å²) in [5.41, 5.74) is -0.119. The van der Waals surface area contributed by atoms with E-state index in [4.69, 9.17) is 11.6 Å². The molecule has 0 spiro atoms. The maximum Gasteiger partial charge on any atom is 0.270 e. The van der Waals surface area contributed by atoms with Crippen molar-refractivity contribution in [1.82, 2.24) is 4.98 Å². The number of nitrogens with one attached hydrogen (secondary N) is 2. The number of fused-ring (bicyclic) bond motifs is 1. The van der Waals surface area contributed by atoms with Crippen LogP contribution < -0.4 is 10.7 Å². The van der Waals surface area contributed by atoms with Crippen molar-refractivity contribution in [3.05, 3.63) is 79.6 Å². The van der Waals surface area contributed by atoms with Gasteiger partial charge in [-0.15, -0.1) is 0 Å². The number of carbonyl (C=O) groups is 1. The number of hydrogen-bond acceptors (Lipinski definition) is 4. The number of aromatic amines is 1. The second kappa shape index (κ2) is 6.13. The van der Waals surface area contributed by atoms with Crippen LogP contribution in [0.4, 0.5) is 11.4 Å². The normalized spacial score (nSPS) is 10.5. The standard InChI is InChI=1S/C16H10ClN3O4/c17-9-2-1-3-10(6-9)19-16(22)13-8-18-14-5-4-11(20(23)24)7-12(14)15(13)21/h1-8H,(H,18,21)(H,19,22). The molecule has 2 N–H and O–H groups in total. The van der Waals surface area contributed by atoms with Crippen LogP contribution in [0.3, 0.4) is 0 Å². The molecule has 0 atom stereocenters. The highest BCUT2D eigenvalue weighted by atomic mass is 35.5. The first kappa shape index (κ1) is 15.7. The summed E-state index contributed by atoms with van der Waals surface area (Å²) in [4.78, 5) is 37.8. The highest BCUT2D eigenvalue weighted by Crippen LogP contribution is 2.18. The fourth-order valence-corrected chi connectivity index (χ4v) is 2.44. The Morgan fingerprint density at radius 1 is 1.21 bits per heavy atom. The Bertz CT molecular complexity index is 1030. The van der Waals surface area contributed by atoms with E-state index in [1.165, 1.54) is 18.3 Å². The topological polar surface area (TPSA) is 105 Å². The Labute approximate surface area is 140 Å². The molecule has 0 bridgehead atoms. The second-order valence-electron chi connectivity index (χ2n) is 4.98. The molecule has 120 valence electrons. The van der Waals surface area contributed by atoms with Gasteiger partial charge in [0.1, 0.15) is 5.56 Å². The smallest absolute Gasteiger partial charge is 0.270 e.